The van der Waals surface area contributed by atoms with E-state index >= 15 is 0 Å². The van der Waals surface area contributed by atoms with Crippen molar-refractivity contribution in [2.75, 3.05) is 32.5 Å². The zero-order chi connectivity index (χ0) is 26.0. The van der Waals surface area contributed by atoms with Crippen molar-refractivity contribution < 1.29 is 9.59 Å². The van der Waals surface area contributed by atoms with Crippen LogP contribution in [0.25, 0.3) is 11.0 Å². The summed E-state index contributed by atoms with van der Waals surface area (Å²) in [5, 5.41) is 7.63. The van der Waals surface area contributed by atoms with Gasteiger partial charge in [-0.15, -0.1) is 0 Å². The zero-order valence-corrected chi connectivity index (χ0v) is 21.9. The molecule has 5 heterocycles. The Kier molecular flexibility index (Phi) is 5.61. The van der Waals surface area contributed by atoms with Gasteiger partial charge in [-0.3, -0.25) is 9.59 Å². The highest BCUT2D eigenvalue weighted by Crippen LogP contribution is 2.52. The lowest BCUT2D eigenvalue weighted by atomic mass is 9.95. The van der Waals surface area contributed by atoms with Gasteiger partial charge in [0.25, 0.3) is 11.8 Å². The fourth-order valence-corrected chi connectivity index (χ4v) is 7.18. The second-order valence-corrected chi connectivity index (χ2v) is 11.7. The minimum atomic E-state index is -0.0142. The largest absolute Gasteiger partial charge is 0.343 e. The number of fused-ring (bicyclic) bond motifs is 5. The molecule has 0 radical (unpaired) electrons. The molecule has 2 amide bonds. The molecule has 198 valence electrons. The van der Waals surface area contributed by atoms with Crippen LogP contribution in [0, 0.1) is 11.8 Å². The number of aromatic nitrogens is 4. The predicted octanol–water partition coefficient (Wildman–Crippen LogP) is 3.21. The van der Waals surface area contributed by atoms with E-state index in [1.807, 2.05) is 17.0 Å². The second-order valence-electron chi connectivity index (χ2n) is 11.7. The number of piperazine rings is 1. The third-order valence-corrected chi connectivity index (χ3v) is 8.99. The maximum absolute atomic E-state index is 13.1. The molecule has 0 aromatic carbocycles. The number of nitrogens with one attached hydrogen (secondary N) is 2. The monoisotopic (exact) mass is 514 g/mol. The lowest BCUT2D eigenvalue weighted by molar-refractivity contribution is 0.0697. The van der Waals surface area contributed by atoms with Gasteiger partial charge in [-0.05, 0) is 62.1 Å². The van der Waals surface area contributed by atoms with Gasteiger partial charge in [-0.1, -0.05) is 6.42 Å². The molecule has 4 aliphatic rings. The lowest BCUT2D eigenvalue weighted by Gasteiger charge is -2.32. The number of likely N-dealkylation sites (tertiary alicyclic amines) is 1. The van der Waals surface area contributed by atoms with Crippen LogP contribution < -0.4 is 10.6 Å². The zero-order valence-electron chi connectivity index (χ0n) is 21.9. The molecular formula is C28H34N8O2. The summed E-state index contributed by atoms with van der Waals surface area (Å²) in [4.78, 5) is 43.6. The number of nitrogens with zero attached hydrogens (tertiary/aromatic N) is 6. The van der Waals surface area contributed by atoms with E-state index in [-0.39, 0.29) is 17.9 Å². The van der Waals surface area contributed by atoms with Gasteiger partial charge >= 0.3 is 0 Å². The summed E-state index contributed by atoms with van der Waals surface area (Å²) in [7, 11) is 3.58. The van der Waals surface area contributed by atoms with Crippen molar-refractivity contribution in [1.29, 1.82) is 0 Å². The van der Waals surface area contributed by atoms with Crippen LogP contribution in [0.1, 0.15) is 65.4 Å². The van der Waals surface area contributed by atoms with E-state index in [0.29, 0.717) is 41.0 Å². The van der Waals surface area contributed by atoms with E-state index in [2.05, 4.69) is 25.2 Å². The average Bonchev–Trinajstić information content (AvgIpc) is 3.71. The van der Waals surface area contributed by atoms with Crippen molar-refractivity contribution >= 4 is 34.6 Å². The number of anilines is 2. The number of amides is 2. The maximum atomic E-state index is 13.1. The minimum Gasteiger partial charge on any atom is -0.343 e. The highest BCUT2D eigenvalue weighted by Gasteiger charge is 2.42. The summed E-state index contributed by atoms with van der Waals surface area (Å²) >= 11 is 0. The Morgan fingerprint density at radius 2 is 1.84 bits per heavy atom. The molecule has 2 aliphatic carbocycles. The van der Waals surface area contributed by atoms with Gasteiger partial charge in [-0.2, -0.15) is 4.98 Å². The summed E-state index contributed by atoms with van der Waals surface area (Å²) in [5.74, 6) is 2.35. The smallest absolute Gasteiger partial charge is 0.270 e. The molecule has 3 aromatic rings. The van der Waals surface area contributed by atoms with Crippen LogP contribution in [0.5, 0.6) is 0 Å². The van der Waals surface area contributed by atoms with Gasteiger partial charge < -0.3 is 25.0 Å². The molecule has 2 saturated heterocycles. The molecule has 10 heteroatoms. The van der Waals surface area contributed by atoms with Crippen LogP contribution in [0.15, 0.2) is 30.6 Å². The van der Waals surface area contributed by atoms with Gasteiger partial charge in [0.05, 0.1) is 5.56 Å². The van der Waals surface area contributed by atoms with Crippen LogP contribution in [0.4, 0.5) is 11.8 Å². The number of pyridine rings is 1. The van der Waals surface area contributed by atoms with Crippen LogP contribution >= 0.6 is 0 Å². The van der Waals surface area contributed by atoms with Crippen molar-refractivity contribution in [1.82, 2.24) is 34.6 Å². The Hall–Kier alpha value is -3.53. The summed E-state index contributed by atoms with van der Waals surface area (Å²) in [6.45, 7) is 1.51. The standard InChI is InChI=1S/C28H34N8O2/c1-34(2)27(38)23-11-19-13-30-28(33-25(19)36(23)22-10-16-3-4-17(22)9-16)32-24-8-5-18(12-29-24)26(37)35-14-20-6-7-21(15-35)31-20/h5,8,11-13,16-17,20-22,31H,3-4,6-7,9-10,14-15H2,1-2H3,(H,29,30,32,33)/t16-,17?,20+,21?,22+/m0/s1. The Labute approximate surface area is 221 Å². The molecular weight excluding hydrogens is 480 g/mol. The topological polar surface area (TPSA) is 108 Å². The van der Waals surface area contributed by atoms with Gasteiger partial charge in [0.1, 0.15) is 17.2 Å². The van der Waals surface area contributed by atoms with E-state index in [4.69, 9.17) is 4.98 Å². The number of carbonyl (C=O) groups excluding carboxylic acids is 2. The SMILES string of the molecule is CN(C)C(=O)c1cc2cnc(Nc3ccc(C(=O)N4CC5CC[C@H](C4)N5)cn3)nc2n1[C@@H]1C[C@H]2CCC1C2. The summed E-state index contributed by atoms with van der Waals surface area (Å²) in [6.07, 6.45) is 10.5. The number of rotatable bonds is 5. The fourth-order valence-electron chi connectivity index (χ4n) is 7.18. The van der Waals surface area contributed by atoms with Crippen molar-refractivity contribution in [2.45, 2.75) is 56.7 Å². The molecule has 3 aromatic heterocycles. The van der Waals surface area contributed by atoms with Gasteiger partial charge in [-0.25, -0.2) is 9.97 Å². The number of hydrogen-bond donors (Lipinski definition) is 2. The Morgan fingerprint density at radius 1 is 1.03 bits per heavy atom. The molecule has 0 spiro atoms. The maximum Gasteiger partial charge on any atom is 0.270 e. The van der Waals surface area contributed by atoms with Crippen molar-refractivity contribution in [3.05, 3.63) is 41.9 Å². The summed E-state index contributed by atoms with van der Waals surface area (Å²) in [5.41, 5.74) is 2.05. The first kappa shape index (κ1) is 23.6. The molecule has 4 bridgehead atoms. The first-order chi connectivity index (χ1) is 18.4. The molecule has 38 heavy (non-hydrogen) atoms. The number of carbonyl (C=O) groups is 2. The Morgan fingerprint density at radius 3 is 2.50 bits per heavy atom. The first-order valence-corrected chi connectivity index (χ1v) is 13.8. The number of hydrogen-bond acceptors (Lipinski definition) is 7. The molecule has 2 unspecified atom stereocenters. The first-order valence-electron chi connectivity index (χ1n) is 13.8. The summed E-state index contributed by atoms with van der Waals surface area (Å²) < 4.78 is 2.17. The van der Waals surface area contributed by atoms with Crippen LogP contribution in [-0.2, 0) is 0 Å². The molecule has 2 N–H and O–H groups in total. The van der Waals surface area contributed by atoms with Gasteiger partial charge in [0, 0.05) is 63.1 Å². The molecule has 2 aliphatic heterocycles. The van der Waals surface area contributed by atoms with E-state index in [0.717, 1.165) is 49.3 Å². The highest BCUT2D eigenvalue weighted by atomic mass is 16.2. The van der Waals surface area contributed by atoms with Gasteiger partial charge in [0.2, 0.25) is 5.95 Å². The van der Waals surface area contributed by atoms with E-state index in [1.54, 1.807) is 37.5 Å². The second kappa shape index (κ2) is 9.04. The van der Waals surface area contributed by atoms with Crippen LogP contribution in [0.2, 0.25) is 0 Å². The van der Waals surface area contributed by atoms with Crippen molar-refractivity contribution in [3.63, 3.8) is 0 Å². The normalized spacial score (nSPS) is 27.7. The molecule has 5 atom stereocenters. The fraction of sp³-hybridized carbons (Fsp3) is 0.536. The van der Waals surface area contributed by atoms with Gasteiger partial charge in [0.15, 0.2) is 0 Å². The summed E-state index contributed by atoms with van der Waals surface area (Å²) in [6, 6.07) is 6.64. The van der Waals surface area contributed by atoms with Crippen LogP contribution in [0.3, 0.4) is 0 Å². The molecule has 10 nitrogen and oxygen atoms in total. The van der Waals surface area contributed by atoms with E-state index in [9.17, 15) is 9.59 Å². The van der Waals surface area contributed by atoms with E-state index in [1.165, 1.54) is 19.3 Å². The third-order valence-electron chi connectivity index (χ3n) is 8.99. The Bertz CT molecular complexity index is 1390. The average molecular weight is 515 g/mol. The highest BCUT2D eigenvalue weighted by molar-refractivity contribution is 5.98. The minimum absolute atomic E-state index is 0.0142. The molecule has 4 fully saturated rings. The molecule has 7 rings (SSSR count). The van der Waals surface area contributed by atoms with E-state index < -0.39 is 0 Å². The lowest BCUT2D eigenvalue weighted by Crippen LogP contribution is -2.53. The van der Waals surface area contributed by atoms with Crippen molar-refractivity contribution in [3.8, 4) is 0 Å². The quantitative estimate of drug-likeness (QED) is 0.538. The molecule has 2 saturated carbocycles. The third kappa shape index (κ3) is 4.02. The van der Waals surface area contributed by atoms with Crippen molar-refractivity contribution in [2.24, 2.45) is 11.8 Å². The Balaban J connectivity index is 1.14. The predicted molar refractivity (Wildman–Crippen MR) is 143 cm³/mol. The van der Waals surface area contributed by atoms with Crippen LogP contribution in [-0.4, -0.2) is 80.4 Å².